The van der Waals surface area contributed by atoms with E-state index in [0.29, 0.717) is 4.73 Å². The summed E-state index contributed by atoms with van der Waals surface area (Å²) in [6, 6.07) is 2.82. The van der Waals surface area contributed by atoms with Crippen LogP contribution >= 0.6 is 0 Å². The molecule has 0 amide bonds. The summed E-state index contributed by atoms with van der Waals surface area (Å²) in [5, 5.41) is 10.7. The molecule has 1 rings (SSSR count). The summed E-state index contributed by atoms with van der Waals surface area (Å²) in [7, 11) is -3.24. The highest BCUT2D eigenvalue weighted by Crippen LogP contribution is 2.06. The van der Waals surface area contributed by atoms with Crippen LogP contribution in [0.4, 0.5) is 0 Å². The molecule has 0 fully saturated rings. The van der Waals surface area contributed by atoms with Gasteiger partial charge in [0.2, 0.25) is 0 Å². The van der Waals surface area contributed by atoms with Crippen LogP contribution in [-0.4, -0.2) is 14.2 Å². The van der Waals surface area contributed by atoms with Crippen molar-refractivity contribution in [1.82, 2.24) is 0 Å². The summed E-state index contributed by atoms with van der Waals surface area (Å²) >= 11 is 0. The fourth-order valence-electron chi connectivity index (χ4n) is 0.785. The van der Waals surface area contributed by atoms with E-state index in [1.807, 2.05) is 0 Å². The summed E-state index contributed by atoms with van der Waals surface area (Å²) in [6.45, 7) is 1.54. The number of sulfone groups is 1. The third-order valence-electron chi connectivity index (χ3n) is 1.49. The summed E-state index contributed by atoms with van der Waals surface area (Å²) < 4.78 is 22.9. The van der Waals surface area contributed by atoms with Crippen LogP contribution in [0, 0.1) is 5.21 Å². The number of pyridine rings is 1. The first kappa shape index (κ1) is 8.99. The average Bonchev–Trinajstić information content (AvgIpc) is 2.05. The van der Waals surface area contributed by atoms with Crippen molar-refractivity contribution in [3.05, 3.63) is 29.7 Å². The van der Waals surface area contributed by atoms with Crippen LogP contribution in [0.2, 0.25) is 0 Å². The lowest BCUT2D eigenvalue weighted by atomic mass is 10.5. The van der Waals surface area contributed by atoms with Gasteiger partial charge in [-0.3, -0.25) is 0 Å². The molecule has 1 heterocycles. The second kappa shape index (κ2) is 3.10. The van der Waals surface area contributed by atoms with Crippen molar-refractivity contribution >= 4 is 9.84 Å². The first-order chi connectivity index (χ1) is 5.56. The molecule has 0 N–H and O–H groups in total. The molecule has 0 saturated heterocycles. The van der Waals surface area contributed by atoms with Gasteiger partial charge >= 0.3 is 0 Å². The molecule has 0 aliphatic carbocycles. The number of rotatable bonds is 2. The molecule has 12 heavy (non-hydrogen) atoms. The number of nitrogens with zero attached hydrogens (tertiary/aromatic N) is 1. The predicted octanol–water partition coefficient (Wildman–Crippen LogP) is 0.114. The molecule has 0 aliphatic heterocycles. The van der Waals surface area contributed by atoms with Gasteiger partial charge in [0, 0.05) is 6.07 Å². The number of hydrogen-bond acceptors (Lipinski definition) is 3. The summed E-state index contributed by atoms with van der Waals surface area (Å²) in [5.74, 6) is 0.0109. The minimum atomic E-state index is -3.24. The maximum atomic E-state index is 11.2. The van der Waals surface area contributed by atoms with Gasteiger partial charge in [-0.2, -0.15) is 4.73 Å². The molecule has 0 atom stereocenters. The van der Waals surface area contributed by atoms with E-state index in [2.05, 4.69) is 0 Å². The van der Waals surface area contributed by atoms with E-state index in [1.54, 1.807) is 0 Å². The van der Waals surface area contributed by atoms with E-state index in [1.165, 1.54) is 25.3 Å². The first-order valence-corrected chi connectivity index (χ1v) is 5.13. The Kier molecular flexibility index (Phi) is 2.32. The van der Waals surface area contributed by atoms with Gasteiger partial charge in [0.1, 0.15) is 4.90 Å². The normalized spacial score (nSPS) is 11.4. The molecule has 0 unspecified atom stereocenters. The summed E-state index contributed by atoms with van der Waals surface area (Å²) in [5.41, 5.74) is 0. The third-order valence-corrected chi connectivity index (χ3v) is 3.21. The standard InChI is InChI=1S/C7H9NO3S/c1-2-12(10,11)7-4-3-5-8(9)6-7/h3-6H,2H2,1H3. The zero-order valence-electron chi connectivity index (χ0n) is 6.60. The van der Waals surface area contributed by atoms with Gasteiger partial charge in [-0.15, -0.1) is 0 Å². The van der Waals surface area contributed by atoms with Crippen LogP contribution in [0.5, 0.6) is 0 Å². The van der Waals surface area contributed by atoms with E-state index in [4.69, 9.17) is 0 Å². The molecular formula is C7H9NO3S. The zero-order valence-corrected chi connectivity index (χ0v) is 7.41. The van der Waals surface area contributed by atoms with Crippen LogP contribution in [0.1, 0.15) is 6.92 Å². The predicted molar refractivity (Wildman–Crippen MR) is 43.1 cm³/mol. The second-order valence-electron chi connectivity index (χ2n) is 2.30. The molecule has 1 aromatic rings. The Morgan fingerprint density at radius 1 is 1.58 bits per heavy atom. The van der Waals surface area contributed by atoms with Crippen LogP contribution < -0.4 is 4.73 Å². The number of hydrogen-bond donors (Lipinski definition) is 0. The molecule has 0 saturated carbocycles. The third kappa shape index (κ3) is 1.73. The minimum absolute atomic E-state index is 0.0109. The smallest absolute Gasteiger partial charge is 0.199 e. The van der Waals surface area contributed by atoms with Crippen molar-refractivity contribution in [2.45, 2.75) is 11.8 Å². The van der Waals surface area contributed by atoms with E-state index >= 15 is 0 Å². The average molecular weight is 187 g/mol. The molecule has 0 bridgehead atoms. The SMILES string of the molecule is CCS(=O)(=O)c1ccc[n+]([O-])c1. The molecule has 0 spiro atoms. The van der Waals surface area contributed by atoms with Gasteiger partial charge in [0.25, 0.3) is 0 Å². The molecular weight excluding hydrogens is 178 g/mol. The largest absolute Gasteiger partial charge is 0.619 e. The molecule has 0 aromatic carbocycles. The van der Waals surface area contributed by atoms with Gasteiger partial charge in [0.05, 0.1) is 5.75 Å². The van der Waals surface area contributed by atoms with Crippen LogP contribution in [0.3, 0.4) is 0 Å². The van der Waals surface area contributed by atoms with E-state index < -0.39 is 9.84 Å². The minimum Gasteiger partial charge on any atom is -0.619 e. The Hall–Kier alpha value is -1.10. The topological polar surface area (TPSA) is 61.1 Å². The fraction of sp³-hybridized carbons (Fsp3) is 0.286. The maximum absolute atomic E-state index is 11.2. The molecule has 66 valence electrons. The fourth-order valence-corrected chi connectivity index (χ4v) is 1.67. The highest BCUT2D eigenvalue weighted by Gasteiger charge is 2.13. The van der Waals surface area contributed by atoms with Gasteiger partial charge in [0.15, 0.2) is 22.2 Å². The van der Waals surface area contributed by atoms with E-state index in [-0.39, 0.29) is 10.6 Å². The summed E-state index contributed by atoms with van der Waals surface area (Å²) in [6.07, 6.45) is 2.30. The van der Waals surface area contributed by atoms with Crippen molar-refractivity contribution in [3.8, 4) is 0 Å². The lowest BCUT2D eigenvalue weighted by Crippen LogP contribution is -2.25. The monoisotopic (exact) mass is 187 g/mol. The van der Waals surface area contributed by atoms with Gasteiger partial charge in [-0.1, -0.05) is 6.92 Å². The van der Waals surface area contributed by atoms with Crippen LogP contribution in [0.15, 0.2) is 29.4 Å². The lowest BCUT2D eigenvalue weighted by Gasteiger charge is -1.99. The Morgan fingerprint density at radius 2 is 2.25 bits per heavy atom. The van der Waals surface area contributed by atoms with Crippen LogP contribution in [-0.2, 0) is 9.84 Å². The van der Waals surface area contributed by atoms with Gasteiger partial charge < -0.3 is 5.21 Å². The Balaban J connectivity index is 3.21. The maximum Gasteiger partial charge on any atom is 0.199 e. The quantitative estimate of drug-likeness (QED) is 0.488. The van der Waals surface area contributed by atoms with E-state index in [9.17, 15) is 13.6 Å². The zero-order chi connectivity index (χ0) is 9.19. The van der Waals surface area contributed by atoms with Crippen LogP contribution in [0.25, 0.3) is 0 Å². The van der Waals surface area contributed by atoms with Crippen molar-refractivity contribution in [1.29, 1.82) is 0 Å². The highest BCUT2D eigenvalue weighted by atomic mass is 32.2. The molecule has 1 aromatic heterocycles. The van der Waals surface area contributed by atoms with E-state index in [0.717, 1.165) is 6.20 Å². The van der Waals surface area contributed by atoms with Crippen molar-refractivity contribution in [2.24, 2.45) is 0 Å². The molecule has 5 heteroatoms. The molecule has 0 aliphatic rings. The molecule has 0 radical (unpaired) electrons. The Morgan fingerprint density at radius 3 is 2.75 bits per heavy atom. The highest BCUT2D eigenvalue weighted by molar-refractivity contribution is 7.91. The van der Waals surface area contributed by atoms with Crippen molar-refractivity contribution in [3.63, 3.8) is 0 Å². The lowest BCUT2D eigenvalue weighted by molar-refractivity contribution is -0.607. The van der Waals surface area contributed by atoms with Crippen molar-refractivity contribution in [2.75, 3.05) is 5.75 Å². The van der Waals surface area contributed by atoms with Crippen molar-refractivity contribution < 1.29 is 13.1 Å². The van der Waals surface area contributed by atoms with Gasteiger partial charge in [-0.05, 0) is 6.07 Å². The number of aromatic nitrogens is 1. The first-order valence-electron chi connectivity index (χ1n) is 3.48. The van der Waals surface area contributed by atoms with Gasteiger partial charge in [-0.25, -0.2) is 8.42 Å². The second-order valence-corrected chi connectivity index (χ2v) is 4.58. The molecule has 4 nitrogen and oxygen atoms in total. The summed E-state index contributed by atoms with van der Waals surface area (Å²) in [4.78, 5) is 0.0718. The Bertz CT molecular complexity index is 372. The Labute approximate surface area is 71.0 Å².